The van der Waals surface area contributed by atoms with Gasteiger partial charge in [0.2, 0.25) is 0 Å². The Kier molecular flexibility index (Phi) is 3.14. The van der Waals surface area contributed by atoms with Crippen LogP contribution in [0.5, 0.6) is 0 Å². The highest BCUT2D eigenvalue weighted by Crippen LogP contribution is 2.18. The van der Waals surface area contributed by atoms with Gasteiger partial charge in [0.1, 0.15) is 11.3 Å². The van der Waals surface area contributed by atoms with Crippen LogP contribution in [0.1, 0.15) is 12.2 Å². The zero-order chi connectivity index (χ0) is 11.5. The fourth-order valence-electron chi connectivity index (χ4n) is 1.62. The summed E-state index contributed by atoms with van der Waals surface area (Å²) in [5, 5.41) is 3.02. The molecule has 1 aromatic heterocycles. The fourth-order valence-corrected chi connectivity index (χ4v) is 1.62. The van der Waals surface area contributed by atoms with E-state index in [1.807, 2.05) is 7.05 Å². The monoisotopic (exact) mass is 225 g/mol. The number of nitrogens with one attached hydrogen (secondary N) is 2. The van der Waals surface area contributed by atoms with E-state index in [-0.39, 0.29) is 5.52 Å². The molecule has 3 nitrogen and oxygen atoms in total. The molecule has 0 spiro atoms. The zero-order valence-electron chi connectivity index (χ0n) is 8.98. The van der Waals surface area contributed by atoms with Crippen molar-refractivity contribution in [3.63, 3.8) is 0 Å². The van der Waals surface area contributed by atoms with Crippen LogP contribution in [0.15, 0.2) is 12.1 Å². The lowest BCUT2D eigenvalue weighted by molar-refractivity contribution is 0.515. The largest absolute Gasteiger partial charge is 0.342 e. The molecule has 0 amide bonds. The van der Waals surface area contributed by atoms with Gasteiger partial charge in [0.25, 0.3) is 0 Å². The van der Waals surface area contributed by atoms with Crippen LogP contribution in [0.25, 0.3) is 11.0 Å². The highest BCUT2D eigenvalue weighted by atomic mass is 19.2. The van der Waals surface area contributed by atoms with Crippen LogP contribution in [0, 0.1) is 11.6 Å². The Balaban J connectivity index is 2.26. The lowest BCUT2D eigenvalue weighted by Gasteiger charge is -1.95. The Hall–Kier alpha value is -1.49. The molecular weight excluding hydrogens is 212 g/mol. The van der Waals surface area contributed by atoms with E-state index in [9.17, 15) is 8.78 Å². The van der Waals surface area contributed by atoms with E-state index in [1.54, 1.807) is 0 Å². The third kappa shape index (κ3) is 2.04. The number of benzene rings is 1. The third-order valence-electron chi connectivity index (χ3n) is 2.44. The van der Waals surface area contributed by atoms with E-state index in [4.69, 9.17) is 0 Å². The number of H-pyrrole nitrogens is 1. The molecule has 2 rings (SSSR count). The number of hydrogen-bond acceptors (Lipinski definition) is 2. The minimum atomic E-state index is -0.881. The van der Waals surface area contributed by atoms with Gasteiger partial charge in [-0.1, -0.05) is 0 Å². The standard InChI is InChI=1S/C11H13F2N3/c1-14-6-2-3-9-15-8-5-4-7(12)10(13)11(8)16-9/h4-5,14H,2-3,6H2,1H3,(H,15,16). The fraction of sp³-hybridized carbons (Fsp3) is 0.364. The second-order valence-corrected chi connectivity index (χ2v) is 3.65. The van der Waals surface area contributed by atoms with Gasteiger partial charge in [-0.05, 0) is 32.1 Å². The van der Waals surface area contributed by atoms with Crippen molar-refractivity contribution in [2.75, 3.05) is 13.6 Å². The molecular formula is C11H13F2N3. The van der Waals surface area contributed by atoms with Crippen molar-refractivity contribution in [3.05, 3.63) is 29.6 Å². The van der Waals surface area contributed by atoms with Gasteiger partial charge < -0.3 is 10.3 Å². The van der Waals surface area contributed by atoms with Gasteiger partial charge in [0.05, 0.1) is 5.52 Å². The van der Waals surface area contributed by atoms with Crippen molar-refractivity contribution >= 4 is 11.0 Å². The smallest absolute Gasteiger partial charge is 0.186 e. The predicted octanol–water partition coefficient (Wildman–Crippen LogP) is 1.99. The van der Waals surface area contributed by atoms with Gasteiger partial charge in [-0.15, -0.1) is 0 Å². The van der Waals surface area contributed by atoms with E-state index in [1.165, 1.54) is 6.07 Å². The summed E-state index contributed by atoms with van der Waals surface area (Å²) < 4.78 is 26.3. The molecule has 0 unspecified atom stereocenters. The molecule has 1 heterocycles. The Morgan fingerprint density at radius 3 is 2.94 bits per heavy atom. The molecule has 2 N–H and O–H groups in total. The van der Waals surface area contributed by atoms with Crippen LogP contribution in [0.4, 0.5) is 8.78 Å². The van der Waals surface area contributed by atoms with Crippen molar-refractivity contribution in [1.82, 2.24) is 15.3 Å². The maximum absolute atomic E-state index is 13.3. The van der Waals surface area contributed by atoms with Crippen molar-refractivity contribution in [2.24, 2.45) is 0 Å². The maximum atomic E-state index is 13.3. The van der Waals surface area contributed by atoms with Crippen LogP contribution >= 0.6 is 0 Å². The zero-order valence-corrected chi connectivity index (χ0v) is 8.98. The first kappa shape index (κ1) is 11.0. The Morgan fingerprint density at radius 1 is 1.38 bits per heavy atom. The number of hydrogen-bond donors (Lipinski definition) is 2. The number of aryl methyl sites for hydroxylation is 1. The number of fused-ring (bicyclic) bond motifs is 1. The average molecular weight is 225 g/mol. The summed E-state index contributed by atoms with van der Waals surface area (Å²) in [7, 11) is 1.87. The summed E-state index contributed by atoms with van der Waals surface area (Å²) in [6, 6.07) is 2.61. The molecule has 16 heavy (non-hydrogen) atoms. The summed E-state index contributed by atoms with van der Waals surface area (Å²) >= 11 is 0. The number of aromatic amines is 1. The van der Waals surface area contributed by atoms with E-state index < -0.39 is 11.6 Å². The lowest BCUT2D eigenvalue weighted by atomic mass is 10.3. The SMILES string of the molecule is CNCCCc1nc2c(F)c(F)ccc2[nH]1. The van der Waals surface area contributed by atoms with E-state index >= 15 is 0 Å². The minimum absolute atomic E-state index is 0.0828. The van der Waals surface area contributed by atoms with Gasteiger partial charge in [-0.2, -0.15) is 0 Å². The molecule has 1 aromatic carbocycles. The van der Waals surface area contributed by atoms with Gasteiger partial charge in [-0.3, -0.25) is 0 Å². The van der Waals surface area contributed by atoms with E-state index in [0.717, 1.165) is 25.5 Å². The van der Waals surface area contributed by atoms with Crippen LogP contribution in [0.2, 0.25) is 0 Å². The van der Waals surface area contributed by atoms with Gasteiger partial charge in [0.15, 0.2) is 11.6 Å². The highest BCUT2D eigenvalue weighted by Gasteiger charge is 2.11. The lowest BCUT2D eigenvalue weighted by Crippen LogP contribution is -2.08. The normalized spacial score (nSPS) is 11.2. The van der Waals surface area contributed by atoms with E-state index in [2.05, 4.69) is 15.3 Å². The Bertz CT molecular complexity index is 493. The van der Waals surface area contributed by atoms with Crippen molar-refractivity contribution in [3.8, 4) is 0 Å². The van der Waals surface area contributed by atoms with Crippen molar-refractivity contribution in [1.29, 1.82) is 0 Å². The first-order valence-electron chi connectivity index (χ1n) is 5.19. The molecule has 5 heteroatoms. The number of nitrogens with zero attached hydrogens (tertiary/aromatic N) is 1. The minimum Gasteiger partial charge on any atom is -0.342 e. The van der Waals surface area contributed by atoms with Crippen LogP contribution < -0.4 is 5.32 Å². The molecule has 0 fully saturated rings. The van der Waals surface area contributed by atoms with Gasteiger partial charge in [0, 0.05) is 6.42 Å². The predicted molar refractivity (Wildman–Crippen MR) is 58.3 cm³/mol. The number of halogens is 2. The summed E-state index contributed by atoms with van der Waals surface area (Å²) in [5.41, 5.74) is 0.623. The molecule has 2 aromatic rings. The summed E-state index contributed by atoms with van der Waals surface area (Å²) in [5.74, 6) is -1.05. The third-order valence-corrected chi connectivity index (χ3v) is 2.44. The quantitative estimate of drug-likeness (QED) is 0.781. The molecule has 0 aliphatic carbocycles. The van der Waals surface area contributed by atoms with Crippen LogP contribution in [0.3, 0.4) is 0 Å². The Morgan fingerprint density at radius 2 is 2.19 bits per heavy atom. The Labute approximate surface area is 91.9 Å². The summed E-state index contributed by atoms with van der Waals surface area (Å²) in [4.78, 5) is 7.02. The van der Waals surface area contributed by atoms with Crippen LogP contribution in [-0.4, -0.2) is 23.6 Å². The molecule has 0 saturated heterocycles. The maximum Gasteiger partial charge on any atom is 0.186 e. The molecule has 0 radical (unpaired) electrons. The first-order chi connectivity index (χ1) is 7.72. The van der Waals surface area contributed by atoms with E-state index in [0.29, 0.717) is 11.3 Å². The second-order valence-electron chi connectivity index (χ2n) is 3.65. The number of rotatable bonds is 4. The topological polar surface area (TPSA) is 40.7 Å². The first-order valence-corrected chi connectivity index (χ1v) is 5.19. The van der Waals surface area contributed by atoms with Gasteiger partial charge in [-0.25, -0.2) is 13.8 Å². The molecule has 0 saturated carbocycles. The average Bonchev–Trinajstić information content (AvgIpc) is 2.68. The number of imidazole rings is 1. The molecule has 0 aliphatic heterocycles. The number of aromatic nitrogens is 2. The summed E-state index contributed by atoms with van der Waals surface area (Å²) in [6.07, 6.45) is 1.62. The molecule has 0 atom stereocenters. The highest BCUT2D eigenvalue weighted by molar-refractivity contribution is 5.75. The second kappa shape index (κ2) is 4.57. The van der Waals surface area contributed by atoms with Gasteiger partial charge >= 0.3 is 0 Å². The van der Waals surface area contributed by atoms with Crippen molar-refractivity contribution < 1.29 is 8.78 Å². The van der Waals surface area contributed by atoms with Crippen molar-refractivity contribution in [2.45, 2.75) is 12.8 Å². The molecule has 0 bridgehead atoms. The van der Waals surface area contributed by atoms with Crippen LogP contribution in [-0.2, 0) is 6.42 Å². The molecule has 0 aliphatic rings. The molecule has 86 valence electrons. The summed E-state index contributed by atoms with van der Waals surface area (Å²) in [6.45, 7) is 0.869.